The molecule has 0 saturated carbocycles. The van der Waals surface area contributed by atoms with Crippen LogP contribution >= 0.6 is 0 Å². The third kappa shape index (κ3) is 2.05. The number of hydrogen-bond acceptors (Lipinski definition) is 2. The van der Waals surface area contributed by atoms with Gasteiger partial charge in [0.15, 0.2) is 0 Å². The summed E-state index contributed by atoms with van der Waals surface area (Å²) < 4.78 is 29.1. The second-order valence-electron chi connectivity index (χ2n) is 4.55. The average Bonchev–Trinajstić information content (AvgIpc) is 2.81. The largest absolute Gasteiger partial charge is 0.264 e. The molecule has 3 aromatic rings. The van der Waals surface area contributed by atoms with E-state index in [2.05, 4.69) is 10.1 Å². The number of hydrogen-bond donors (Lipinski definition) is 0. The zero-order valence-corrected chi connectivity index (χ0v) is 11.0. The fourth-order valence-corrected chi connectivity index (χ4v) is 2.30. The van der Waals surface area contributed by atoms with E-state index in [0.717, 1.165) is 23.0 Å². The highest BCUT2D eigenvalue weighted by Gasteiger charge is 2.13. The van der Waals surface area contributed by atoms with Gasteiger partial charge < -0.3 is 0 Å². The molecule has 0 radical (unpaired) electrons. The molecule has 3 rings (SSSR count). The lowest BCUT2D eigenvalue weighted by molar-refractivity contribution is 0.535. The monoisotopic (exact) mass is 273 g/mol. The Bertz CT molecular complexity index is 745. The van der Waals surface area contributed by atoms with Gasteiger partial charge in [-0.05, 0) is 24.6 Å². The number of aromatic nitrogens is 3. The number of fused-ring (bicyclic) bond motifs is 1. The van der Waals surface area contributed by atoms with Crippen LogP contribution in [0.2, 0.25) is 0 Å². The van der Waals surface area contributed by atoms with E-state index < -0.39 is 11.6 Å². The second-order valence-corrected chi connectivity index (χ2v) is 4.55. The molecule has 0 fully saturated rings. The quantitative estimate of drug-likeness (QED) is 0.733. The molecule has 0 aliphatic carbocycles. The molecule has 0 atom stereocenters. The van der Waals surface area contributed by atoms with Crippen molar-refractivity contribution < 1.29 is 8.78 Å². The molecule has 1 aromatic carbocycles. The summed E-state index contributed by atoms with van der Waals surface area (Å²) in [4.78, 5) is 4.08. The Kier molecular flexibility index (Phi) is 3.18. The van der Waals surface area contributed by atoms with Crippen LogP contribution in [0.25, 0.3) is 10.9 Å². The van der Waals surface area contributed by atoms with Crippen LogP contribution in [0.3, 0.4) is 0 Å². The molecule has 2 heterocycles. The normalized spacial score (nSPS) is 11.2. The fourth-order valence-electron chi connectivity index (χ4n) is 2.30. The zero-order chi connectivity index (χ0) is 14.1. The zero-order valence-electron chi connectivity index (χ0n) is 11.0. The van der Waals surface area contributed by atoms with E-state index in [9.17, 15) is 8.78 Å². The fraction of sp³-hybridized carbons (Fsp3) is 0.200. The minimum atomic E-state index is -0.555. The van der Waals surface area contributed by atoms with Gasteiger partial charge in [-0.3, -0.25) is 9.67 Å². The Morgan fingerprint density at radius 3 is 2.60 bits per heavy atom. The molecule has 102 valence electrons. The summed E-state index contributed by atoms with van der Waals surface area (Å²) in [5.41, 5.74) is 1.74. The van der Waals surface area contributed by atoms with E-state index in [1.807, 2.05) is 6.92 Å². The predicted molar refractivity (Wildman–Crippen MR) is 72.4 cm³/mol. The minimum absolute atomic E-state index is 0.0244. The van der Waals surface area contributed by atoms with Crippen LogP contribution < -0.4 is 0 Å². The molecular formula is C15H13F2N3. The lowest BCUT2D eigenvalue weighted by Crippen LogP contribution is -2.06. The van der Waals surface area contributed by atoms with Gasteiger partial charge in [0.05, 0.1) is 17.8 Å². The Balaban J connectivity index is 2.12. The van der Waals surface area contributed by atoms with E-state index in [0.29, 0.717) is 0 Å². The number of benzene rings is 1. The molecule has 5 heteroatoms. The summed E-state index contributed by atoms with van der Waals surface area (Å²) >= 11 is 0. The van der Waals surface area contributed by atoms with E-state index in [1.54, 1.807) is 23.1 Å². The van der Waals surface area contributed by atoms with Crippen LogP contribution in [0.4, 0.5) is 8.78 Å². The van der Waals surface area contributed by atoms with Gasteiger partial charge in [-0.15, -0.1) is 0 Å². The highest BCUT2D eigenvalue weighted by atomic mass is 19.1. The van der Waals surface area contributed by atoms with Gasteiger partial charge in [0.2, 0.25) is 0 Å². The molecule has 0 aliphatic heterocycles. The second kappa shape index (κ2) is 5.00. The predicted octanol–water partition coefficient (Wildman–Crippen LogP) is 3.32. The summed E-state index contributed by atoms with van der Waals surface area (Å²) in [5, 5.41) is 5.35. The maximum absolute atomic E-state index is 13.7. The minimum Gasteiger partial charge on any atom is -0.264 e. The topological polar surface area (TPSA) is 30.7 Å². The van der Waals surface area contributed by atoms with Gasteiger partial charge in [-0.25, -0.2) is 8.78 Å². The van der Waals surface area contributed by atoms with E-state index >= 15 is 0 Å². The molecule has 20 heavy (non-hydrogen) atoms. The molecule has 0 saturated heterocycles. The van der Waals surface area contributed by atoms with Gasteiger partial charge in [-0.2, -0.15) is 5.10 Å². The first-order chi connectivity index (χ1) is 9.70. The van der Waals surface area contributed by atoms with Crippen LogP contribution in [0.5, 0.6) is 0 Å². The molecule has 3 nitrogen and oxygen atoms in total. The van der Waals surface area contributed by atoms with Crippen LogP contribution in [-0.4, -0.2) is 14.8 Å². The first-order valence-electron chi connectivity index (χ1n) is 6.43. The van der Waals surface area contributed by atoms with E-state index in [-0.39, 0.29) is 12.1 Å². The number of rotatable bonds is 3. The van der Waals surface area contributed by atoms with Crippen molar-refractivity contribution >= 4 is 10.9 Å². The standard InChI is InChI=1S/C15H13F2N3/c1-2-14-10-8-18-7-6-15(10)20(19-14)9-11-12(16)4-3-5-13(11)17/h3-8H,2,9H2,1H3. The van der Waals surface area contributed by atoms with Crippen molar-refractivity contribution in [1.82, 2.24) is 14.8 Å². The number of nitrogens with zero attached hydrogens (tertiary/aromatic N) is 3. The molecule has 0 spiro atoms. The maximum Gasteiger partial charge on any atom is 0.131 e. The first kappa shape index (κ1) is 12.7. The Hall–Kier alpha value is -2.30. The van der Waals surface area contributed by atoms with Crippen LogP contribution in [0, 0.1) is 11.6 Å². The maximum atomic E-state index is 13.7. The smallest absolute Gasteiger partial charge is 0.131 e. The Morgan fingerprint density at radius 1 is 1.15 bits per heavy atom. The van der Waals surface area contributed by atoms with Crippen LogP contribution in [0.15, 0.2) is 36.7 Å². The number of aryl methyl sites for hydroxylation is 1. The highest BCUT2D eigenvalue weighted by Crippen LogP contribution is 2.20. The van der Waals surface area contributed by atoms with Crippen molar-refractivity contribution in [3.8, 4) is 0 Å². The molecular weight excluding hydrogens is 260 g/mol. The van der Waals surface area contributed by atoms with Gasteiger partial charge in [0.1, 0.15) is 11.6 Å². The third-order valence-corrected chi connectivity index (χ3v) is 3.33. The van der Waals surface area contributed by atoms with Crippen molar-refractivity contribution in [3.05, 3.63) is 59.6 Å². The summed E-state index contributed by atoms with van der Waals surface area (Å²) in [7, 11) is 0. The molecule has 0 bridgehead atoms. The summed E-state index contributed by atoms with van der Waals surface area (Å²) in [6, 6.07) is 5.68. The van der Waals surface area contributed by atoms with Gasteiger partial charge in [0.25, 0.3) is 0 Å². The molecule has 0 aliphatic rings. The van der Waals surface area contributed by atoms with Crippen LogP contribution in [0.1, 0.15) is 18.2 Å². The van der Waals surface area contributed by atoms with E-state index in [1.165, 1.54) is 18.2 Å². The lowest BCUT2D eigenvalue weighted by atomic mass is 10.2. The third-order valence-electron chi connectivity index (χ3n) is 3.33. The summed E-state index contributed by atoms with van der Waals surface area (Å²) in [6.07, 6.45) is 4.13. The Labute approximate surface area is 114 Å². The molecule has 2 aromatic heterocycles. The average molecular weight is 273 g/mol. The van der Waals surface area contributed by atoms with Gasteiger partial charge in [0, 0.05) is 23.3 Å². The van der Waals surface area contributed by atoms with Crippen molar-refractivity contribution in [2.24, 2.45) is 0 Å². The number of pyridine rings is 1. The van der Waals surface area contributed by atoms with Crippen molar-refractivity contribution in [1.29, 1.82) is 0 Å². The summed E-state index contributed by atoms with van der Waals surface area (Å²) in [6.45, 7) is 2.06. The first-order valence-corrected chi connectivity index (χ1v) is 6.43. The van der Waals surface area contributed by atoms with Crippen LogP contribution in [-0.2, 0) is 13.0 Å². The van der Waals surface area contributed by atoms with E-state index in [4.69, 9.17) is 0 Å². The summed E-state index contributed by atoms with van der Waals surface area (Å²) in [5.74, 6) is -1.11. The number of halogens is 2. The Morgan fingerprint density at radius 2 is 1.90 bits per heavy atom. The van der Waals surface area contributed by atoms with Gasteiger partial charge >= 0.3 is 0 Å². The lowest BCUT2D eigenvalue weighted by Gasteiger charge is -2.06. The van der Waals surface area contributed by atoms with Crippen molar-refractivity contribution in [2.45, 2.75) is 19.9 Å². The SMILES string of the molecule is CCc1nn(Cc2c(F)cccc2F)c2ccncc12. The molecule has 0 unspecified atom stereocenters. The molecule has 0 amide bonds. The highest BCUT2D eigenvalue weighted by molar-refractivity contribution is 5.80. The van der Waals surface area contributed by atoms with Crippen molar-refractivity contribution in [2.75, 3.05) is 0 Å². The molecule has 0 N–H and O–H groups in total. The van der Waals surface area contributed by atoms with Gasteiger partial charge in [-0.1, -0.05) is 13.0 Å². The van der Waals surface area contributed by atoms with Crippen molar-refractivity contribution in [3.63, 3.8) is 0 Å².